The Bertz CT molecular complexity index is 484. The molecule has 0 radical (unpaired) electrons. The third-order valence-electron chi connectivity index (χ3n) is 3.10. The highest BCUT2D eigenvalue weighted by atomic mass is 16.7. The van der Waals surface area contributed by atoms with Crippen LogP contribution in [0, 0.1) is 0 Å². The van der Waals surface area contributed by atoms with Crippen molar-refractivity contribution in [3.05, 3.63) is 0 Å². The maximum absolute atomic E-state index is 11.7. The van der Waals surface area contributed by atoms with Crippen LogP contribution in [0.25, 0.3) is 0 Å². The van der Waals surface area contributed by atoms with Crippen LogP contribution >= 0.6 is 0 Å². The van der Waals surface area contributed by atoms with Gasteiger partial charge in [-0.2, -0.15) is 0 Å². The fourth-order valence-corrected chi connectivity index (χ4v) is 1.93. The number of alkyl carbamates (subject to hydrolysis) is 1. The molecule has 1 heterocycles. The molecule has 9 heteroatoms. The minimum absolute atomic E-state index is 0.0394. The summed E-state index contributed by atoms with van der Waals surface area (Å²) >= 11 is 0. The van der Waals surface area contributed by atoms with Gasteiger partial charge < -0.3 is 20.6 Å². The number of imide groups is 1. The molecule has 1 rings (SSSR count). The van der Waals surface area contributed by atoms with Crippen LogP contribution in [-0.4, -0.2) is 47.1 Å². The predicted octanol–water partition coefficient (Wildman–Crippen LogP) is 0.616. The Hall–Kier alpha value is -2.16. The predicted molar refractivity (Wildman–Crippen MR) is 83.2 cm³/mol. The van der Waals surface area contributed by atoms with Gasteiger partial charge in [-0.1, -0.05) is 0 Å². The number of rotatable bonds is 7. The average molecular weight is 343 g/mol. The lowest BCUT2D eigenvalue weighted by Crippen LogP contribution is -2.40. The minimum Gasteiger partial charge on any atom is -0.444 e. The summed E-state index contributed by atoms with van der Waals surface area (Å²) in [5.74, 6) is -1.90. The molecule has 0 spiro atoms. The number of hydrogen-bond acceptors (Lipinski definition) is 7. The number of carbonyl (C=O) groups is 4. The maximum atomic E-state index is 11.7. The molecule has 3 N–H and O–H groups in total. The van der Waals surface area contributed by atoms with Gasteiger partial charge in [0.15, 0.2) is 0 Å². The quantitative estimate of drug-likeness (QED) is 0.512. The third-order valence-corrected chi connectivity index (χ3v) is 3.10. The average Bonchev–Trinajstić information content (AvgIpc) is 2.76. The first-order valence-corrected chi connectivity index (χ1v) is 7.90. The van der Waals surface area contributed by atoms with E-state index in [1.54, 1.807) is 20.8 Å². The van der Waals surface area contributed by atoms with Gasteiger partial charge in [0.1, 0.15) is 11.6 Å². The summed E-state index contributed by atoms with van der Waals surface area (Å²) in [6.45, 7) is 5.70. The van der Waals surface area contributed by atoms with Gasteiger partial charge >= 0.3 is 12.1 Å². The molecule has 24 heavy (non-hydrogen) atoms. The van der Waals surface area contributed by atoms with Crippen molar-refractivity contribution in [3.8, 4) is 0 Å². The van der Waals surface area contributed by atoms with Crippen LogP contribution in [0.2, 0.25) is 0 Å². The number of nitrogens with zero attached hydrogens (tertiary/aromatic N) is 1. The Balaban J connectivity index is 2.18. The van der Waals surface area contributed by atoms with Crippen molar-refractivity contribution in [2.75, 3.05) is 6.54 Å². The Morgan fingerprint density at radius 2 is 1.79 bits per heavy atom. The van der Waals surface area contributed by atoms with E-state index in [4.69, 9.17) is 15.3 Å². The minimum atomic E-state index is -0.937. The van der Waals surface area contributed by atoms with Crippen LogP contribution < -0.4 is 11.1 Å². The molecular weight excluding hydrogens is 318 g/mol. The molecule has 1 aliphatic heterocycles. The Labute approximate surface area is 140 Å². The number of hydroxylamine groups is 2. The summed E-state index contributed by atoms with van der Waals surface area (Å²) in [4.78, 5) is 50.6. The first kappa shape index (κ1) is 19.9. The second-order valence-electron chi connectivity index (χ2n) is 6.52. The van der Waals surface area contributed by atoms with Gasteiger partial charge in [0, 0.05) is 19.4 Å². The van der Waals surface area contributed by atoms with Gasteiger partial charge in [-0.25, -0.2) is 9.59 Å². The van der Waals surface area contributed by atoms with E-state index in [0.29, 0.717) is 30.9 Å². The molecule has 1 aliphatic rings. The van der Waals surface area contributed by atoms with Gasteiger partial charge in [0.05, 0.1) is 0 Å². The van der Waals surface area contributed by atoms with Crippen LogP contribution in [0.5, 0.6) is 0 Å². The van der Waals surface area contributed by atoms with E-state index in [1.807, 2.05) is 0 Å². The number of ether oxygens (including phenoxy) is 1. The van der Waals surface area contributed by atoms with E-state index < -0.39 is 35.5 Å². The van der Waals surface area contributed by atoms with Crippen molar-refractivity contribution < 1.29 is 28.8 Å². The number of amides is 3. The normalized spacial score (nSPS) is 16.1. The van der Waals surface area contributed by atoms with Crippen molar-refractivity contribution in [2.24, 2.45) is 5.73 Å². The summed E-state index contributed by atoms with van der Waals surface area (Å²) in [6.07, 6.45) is 1.05. The summed E-state index contributed by atoms with van der Waals surface area (Å²) in [7, 11) is 0. The summed E-state index contributed by atoms with van der Waals surface area (Å²) < 4.78 is 5.08. The Morgan fingerprint density at radius 3 is 2.33 bits per heavy atom. The molecule has 3 amide bonds. The van der Waals surface area contributed by atoms with Crippen molar-refractivity contribution >= 4 is 23.9 Å². The van der Waals surface area contributed by atoms with E-state index in [1.165, 1.54) is 0 Å². The van der Waals surface area contributed by atoms with E-state index in [-0.39, 0.29) is 12.8 Å². The molecule has 0 unspecified atom stereocenters. The Morgan fingerprint density at radius 1 is 1.21 bits per heavy atom. The molecule has 136 valence electrons. The molecule has 0 aromatic rings. The lowest BCUT2D eigenvalue weighted by atomic mass is 10.1. The molecule has 1 fully saturated rings. The van der Waals surface area contributed by atoms with Crippen LogP contribution in [0.1, 0.15) is 52.9 Å². The molecular formula is C15H25N3O6. The fourth-order valence-electron chi connectivity index (χ4n) is 1.93. The number of carbonyl (C=O) groups excluding carboxylic acids is 4. The number of nitrogens with one attached hydrogen (secondary N) is 1. The van der Waals surface area contributed by atoms with Gasteiger partial charge in [0.2, 0.25) is 0 Å². The summed E-state index contributed by atoms with van der Waals surface area (Å²) in [6, 6.07) is -0.937. The van der Waals surface area contributed by atoms with Crippen molar-refractivity contribution in [2.45, 2.75) is 64.5 Å². The highest BCUT2D eigenvalue weighted by molar-refractivity contribution is 6.01. The van der Waals surface area contributed by atoms with Gasteiger partial charge in [-0.05, 0) is 40.0 Å². The highest BCUT2D eigenvalue weighted by Crippen LogP contribution is 2.13. The Kier molecular flexibility index (Phi) is 7.15. The molecule has 0 saturated carbocycles. The van der Waals surface area contributed by atoms with Gasteiger partial charge in [-0.3, -0.25) is 9.59 Å². The SMILES string of the molecule is CC(C)(C)OC(=O)NCCCC[C@H](N)C(=O)ON1C(=O)CCC1=O. The topological polar surface area (TPSA) is 128 Å². The molecule has 1 atom stereocenters. The van der Waals surface area contributed by atoms with Gasteiger partial charge in [-0.15, -0.1) is 5.06 Å². The molecule has 1 saturated heterocycles. The molecule has 0 aromatic carbocycles. The third kappa shape index (κ3) is 6.95. The van der Waals surface area contributed by atoms with E-state index in [2.05, 4.69) is 5.32 Å². The monoisotopic (exact) mass is 343 g/mol. The fraction of sp³-hybridized carbons (Fsp3) is 0.733. The van der Waals surface area contributed by atoms with Crippen LogP contribution in [0.3, 0.4) is 0 Å². The van der Waals surface area contributed by atoms with Crippen molar-refractivity contribution in [1.82, 2.24) is 10.4 Å². The molecule has 0 aliphatic carbocycles. The largest absolute Gasteiger partial charge is 0.444 e. The zero-order chi connectivity index (χ0) is 18.3. The van der Waals surface area contributed by atoms with Crippen LogP contribution in [-0.2, 0) is 24.0 Å². The lowest BCUT2D eigenvalue weighted by Gasteiger charge is -2.19. The number of unbranched alkanes of at least 4 members (excludes halogenated alkanes) is 1. The lowest BCUT2D eigenvalue weighted by molar-refractivity contribution is -0.198. The van der Waals surface area contributed by atoms with Gasteiger partial charge in [0.25, 0.3) is 11.8 Å². The van der Waals surface area contributed by atoms with Crippen LogP contribution in [0.15, 0.2) is 0 Å². The molecule has 0 aromatic heterocycles. The first-order chi connectivity index (χ1) is 11.1. The van der Waals surface area contributed by atoms with E-state index >= 15 is 0 Å². The summed E-state index contributed by atoms with van der Waals surface area (Å²) in [5, 5.41) is 3.08. The second kappa shape index (κ2) is 8.62. The van der Waals surface area contributed by atoms with Crippen LogP contribution in [0.4, 0.5) is 4.79 Å². The number of nitrogens with two attached hydrogens (primary N) is 1. The zero-order valence-corrected chi connectivity index (χ0v) is 14.3. The standard InChI is InChI=1S/C15H25N3O6/c1-15(2,3)23-14(22)17-9-5-4-6-10(16)13(21)24-18-11(19)7-8-12(18)20/h10H,4-9,16H2,1-3H3,(H,17,22)/t10-/m0/s1. The maximum Gasteiger partial charge on any atom is 0.407 e. The van der Waals surface area contributed by atoms with Crippen molar-refractivity contribution in [1.29, 1.82) is 0 Å². The smallest absolute Gasteiger partial charge is 0.407 e. The van der Waals surface area contributed by atoms with E-state index in [9.17, 15) is 19.2 Å². The highest BCUT2D eigenvalue weighted by Gasteiger charge is 2.34. The number of hydrogen-bond donors (Lipinski definition) is 2. The summed E-state index contributed by atoms with van der Waals surface area (Å²) in [5.41, 5.74) is 5.12. The van der Waals surface area contributed by atoms with Crippen molar-refractivity contribution in [3.63, 3.8) is 0 Å². The molecule has 0 bridgehead atoms. The molecule has 9 nitrogen and oxygen atoms in total. The zero-order valence-electron chi connectivity index (χ0n) is 14.3. The second-order valence-corrected chi connectivity index (χ2v) is 6.52. The van der Waals surface area contributed by atoms with E-state index in [0.717, 1.165) is 0 Å². The first-order valence-electron chi connectivity index (χ1n) is 7.90.